The Hall–Kier alpha value is -1.17. The SMILES string of the molecule is NC(=O)C1CNCCN1Cc1ccncc1Cl. The van der Waals surface area contributed by atoms with E-state index in [2.05, 4.69) is 10.3 Å². The molecule has 92 valence electrons. The maximum atomic E-state index is 11.3. The van der Waals surface area contributed by atoms with Crippen molar-refractivity contribution < 1.29 is 4.79 Å². The first-order chi connectivity index (χ1) is 8.18. The van der Waals surface area contributed by atoms with Gasteiger partial charge >= 0.3 is 0 Å². The number of primary amides is 1. The minimum absolute atomic E-state index is 0.270. The molecular weight excluding hydrogens is 240 g/mol. The molecule has 0 aliphatic carbocycles. The van der Waals surface area contributed by atoms with Gasteiger partial charge in [0, 0.05) is 38.6 Å². The molecule has 3 N–H and O–H groups in total. The van der Waals surface area contributed by atoms with Crippen molar-refractivity contribution in [2.45, 2.75) is 12.6 Å². The Kier molecular flexibility index (Phi) is 3.93. The van der Waals surface area contributed by atoms with E-state index in [-0.39, 0.29) is 11.9 Å². The van der Waals surface area contributed by atoms with Crippen LogP contribution in [0.2, 0.25) is 5.02 Å². The van der Waals surface area contributed by atoms with Gasteiger partial charge in [0.25, 0.3) is 0 Å². The molecular formula is C11H15ClN4O. The van der Waals surface area contributed by atoms with Crippen LogP contribution < -0.4 is 11.1 Å². The van der Waals surface area contributed by atoms with E-state index in [0.717, 1.165) is 18.7 Å². The quantitative estimate of drug-likeness (QED) is 0.796. The third-order valence-electron chi connectivity index (χ3n) is 2.91. The molecule has 1 saturated heterocycles. The Morgan fingerprint density at radius 3 is 3.24 bits per heavy atom. The molecule has 1 fully saturated rings. The van der Waals surface area contributed by atoms with Gasteiger partial charge in [-0.3, -0.25) is 14.7 Å². The number of hydrogen-bond donors (Lipinski definition) is 2. The van der Waals surface area contributed by atoms with Gasteiger partial charge in [-0.15, -0.1) is 0 Å². The molecule has 1 aliphatic rings. The molecule has 2 heterocycles. The summed E-state index contributed by atoms with van der Waals surface area (Å²) in [6.07, 6.45) is 3.31. The van der Waals surface area contributed by atoms with Gasteiger partial charge < -0.3 is 11.1 Å². The van der Waals surface area contributed by atoms with Crippen molar-refractivity contribution in [3.05, 3.63) is 29.0 Å². The van der Waals surface area contributed by atoms with E-state index in [9.17, 15) is 4.79 Å². The van der Waals surface area contributed by atoms with Gasteiger partial charge in [0.15, 0.2) is 0 Å². The molecule has 5 nitrogen and oxygen atoms in total. The number of rotatable bonds is 3. The van der Waals surface area contributed by atoms with Crippen LogP contribution in [-0.4, -0.2) is 41.5 Å². The molecule has 0 saturated carbocycles. The van der Waals surface area contributed by atoms with Crippen LogP contribution in [0.15, 0.2) is 18.5 Å². The van der Waals surface area contributed by atoms with Crippen molar-refractivity contribution in [3.8, 4) is 0 Å². The van der Waals surface area contributed by atoms with Gasteiger partial charge in [0.1, 0.15) is 6.04 Å². The lowest BCUT2D eigenvalue weighted by atomic mass is 10.1. The van der Waals surface area contributed by atoms with Crippen LogP contribution in [0.3, 0.4) is 0 Å². The van der Waals surface area contributed by atoms with E-state index in [1.807, 2.05) is 11.0 Å². The minimum atomic E-state index is -0.303. The molecule has 0 bridgehead atoms. The first-order valence-corrected chi connectivity index (χ1v) is 5.89. The number of nitrogens with zero attached hydrogens (tertiary/aromatic N) is 2. The lowest BCUT2D eigenvalue weighted by Gasteiger charge is -2.34. The summed E-state index contributed by atoms with van der Waals surface area (Å²) in [5, 5.41) is 3.78. The summed E-state index contributed by atoms with van der Waals surface area (Å²) in [6.45, 7) is 2.85. The number of hydrogen-bond acceptors (Lipinski definition) is 4. The van der Waals surface area contributed by atoms with E-state index in [1.165, 1.54) is 0 Å². The molecule has 1 aliphatic heterocycles. The third kappa shape index (κ3) is 2.94. The first-order valence-electron chi connectivity index (χ1n) is 5.51. The molecule has 0 aromatic carbocycles. The zero-order valence-corrected chi connectivity index (χ0v) is 10.2. The van der Waals surface area contributed by atoms with Gasteiger partial charge in [0.05, 0.1) is 5.02 Å². The molecule has 17 heavy (non-hydrogen) atoms. The summed E-state index contributed by atoms with van der Waals surface area (Å²) in [7, 11) is 0. The third-order valence-corrected chi connectivity index (χ3v) is 3.25. The number of halogens is 1. The summed E-state index contributed by atoms with van der Waals surface area (Å²) in [6, 6.07) is 1.59. The van der Waals surface area contributed by atoms with Crippen molar-refractivity contribution in [2.75, 3.05) is 19.6 Å². The highest BCUT2D eigenvalue weighted by Crippen LogP contribution is 2.17. The molecule has 1 atom stereocenters. The molecule has 2 rings (SSSR count). The van der Waals surface area contributed by atoms with Crippen molar-refractivity contribution in [2.24, 2.45) is 5.73 Å². The summed E-state index contributed by atoms with van der Waals surface area (Å²) < 4.78 is 0. The largest absolute Gasteiger partial charge is 0.368 e. The predicted octanol–water partition coefficient (Wildman–Crippen LogP) is -0.00590. The number of nitrogens with one attached hydrogen (secondary N) is 1. The standard InChI is InChI=1S/C11H15ClN4O/c12-9-5-14-2-1-8(9)7-16-4-3-15-6-10(16)11(13)17/h1-2,5,10,15H,3-4,6-7H2,(H2,13,17). The maximum Gasteiger partial charge on any atom is 0.236 e. The predicted molar refractivity (Wildman–Crippen MR) is 65.5 cm³/mol. The van der Waals surface area contributed by atoms with Gasteiger partial charge in [0.2, 0.25) is 5.91 Å². The van der Waals surface area contributed by atoms with Crippen LogP contribution in [0.5, 0.6) is 0 Å². The zero-order chi connectivity index (χ0) is 12.3. The highest BCUT2D eigenvalue weighted by atomic mass is 35.5. The highest BCUT2D eigenvalue weighted by molar-refractivity contribution is 6.31. The molecule has 0 radical (unpaired) electrons. The van der Waals surface area contributed by atoms with Crippen molar-refractivity contribution in [3.63, 3.8) is 0 Å². The Morgan fingerprint density at radius 2 is 2.53 bits per heavy atom. The van der Waals surface area contributed by atoms with Gasteiger partial charge in [-0.05, 0) is 11.6 Å². The van der Waals surface area contributed by atoms with Crippen LogP contribution in [0.4, 0.5) is 0 Å². The zero-order valence-electron chi connectivity index (χ0n) is 9.40. The van der Waals surface area contributed by atoms with Crippen LogP contribution in [-0.2, 0) is 11.3 Å². The summed E-state index contributed by atoms with van der Waals surface area (Å²) in [4.78, 5) is 17.3. The minimum Gasteiger partial charge on any atom is -0.368 e. The van der Waals surface area contributed by atoms with Gasteiger partial charge in [-0.2, -0.15) is 0 Å². The number of amides is 1. The monoisotopic (exact) mass is 254 g/mol. The summed E-state index contributed by atoms with van der Waals surface area (Å²) >= 11 is 6.05. The molecule has 1 amide bonds. The summed E-state index contributed by atoms with van der Waals surface area (Å²) in [5.41, 5.74) is 6.35. The van der Waals surface area contributed by atoms with E-state index in [1.54, 1.807) is 12.4 Å². The van der Waals surface area contributed by atoms with Gasteiger partial charge in [-0.25, -0.2) is 0 Å². The van der Waals surface area contributed by atoms with E-state index in [4.69, 9.17) is 17.3 Å². The fraction of sp³-hybridized carbons (Fsp3) is 0.455. The Morgan fingerprint density at radius 1 is 1.71 bits per heavy atom. The second-order valence-corrected chi connectivity index (χ2v) is 4.47. The van der Waals surface area contributed by atoms with Crippen molar-refractivity contribution in [1.82, 2.24) is 15.2 Å². The maximum absolute atomic E-state index is 11.3. The van der Waals surface area contributed by atoms with Crippen LogP contribution >= 0.6 is 11.6 Å². The molecule has 1 unspecified atom stereocenters. The number of piperazine rings is 1. The second-order valence-electron chi connectivity index (χ2n) is 4.06. The average molecular weight is 255 g/mol. The first kappa shape index (κ1) is 12.3. The van der Waals surface area contributed by atoms with E-state index < -0.39 is 0 Å². The average Bonchev–Trinajstić information content (AvgIpc) is 2.32. The lowest BCUT2D eigenvalue weighted by Crippen LogP contribution is -2.56. The Bertz CT molecular complexity index is 412. The number of aromatic nitrogens is 1. The Labute approximate surface area is 105 Å². The number of carbonyl (C=O) groups excluding carboxylic acids is 1. The van der Waals surface area contributed by atoms with E-state index >= 15 is 0 Å². The van der Waals surface area contributed by atoms with Crippen LogP contribution in [0, 0.1) is 0 Å². The van der Waals surface area contributed by atoms with Gasteiger partial charge in [-0.1, -0.05) is 11.6 Å². The topological polar surface area (TPSA) is 71.2 Å². The molecule has 6 heteroatoms. The van der Waals surface area contributed by atoms with Crippen LogP contribution in [0.25, 0.3) is 0 Å². The molecule has 1 aromatic heterocycles. The lowest BCUT2D eigenvalue weighted by molar-refractivity contribution is -0.124. The normalized spacial score (nSPS) is 21.4. The molecule has 1 aromatic rings. The fourth-order valence-electron chi connectivity index (χ4n) is 1.97. The van der Waals surface area contributed by atoms with Crippen molar-refractivity contribution in [1.29, 1.82) is 0 Å². The number of pyridine rings is 1. The van der Waals surface area contributed by atoms with Crippen LogP contribution in [0.1, 0.15) is 5.56 Å². The van der Waals surface area contributed by atoms with Crippen molar-refractivity contribution >= 4 is 17.5 Å². The fourth-order valence-corrected chi connectivity index (χ4v) is 2.15. The smallest absolute Gasteiger partial charge is 0.236 e. The second kappa shape index (κ2) is 5.44. The number of carbonyl (C=O) groups is 1. The Balaban J connectivity index is 2.11. The summed E-state index contributed by atoms with van der Waals surface area (Å²) in [5.74, 6) is -0.303. The highest BCUT2D eigenvalue weighted by Gasteiger charge is 2.26. The number of nitrogens with two attached hydrogens (primary N) is 1. The van der Waals surface area contributed by atoms with E-state index in [0.29, 0.717) is 18.1 Å². The molecule has 0 spiro atoms.